The van der Waals surface area contributed by atoms with Crippen LogP contribution in [0.2, 0.25) is 0 Å². The van der Waals surface area contributed by atoms with Crippen LogP contribution in [0.3, 0.4) is 0 Å². The van der Waals surface area contributed by atoms with E-state index in [1.807, 2.05) is 24.3 Å². The van der Waals surface area contributed by atoms with Gasteiger partial charge in [-0.15, -0.1) is 11.3 Å². The maximum Gasteiger partial charge on any atom is 0.347 e. The molecule has 1 aromatic carbocycles. The molecule has 2 heterocycles. The van der Waals surface area contributed by atoms with E-state index in [4.69, 9.17) is 9.84 Å². The lowest BCUT2D eigenvalue weighted by atomic mass is 9.97. The number of nitrogens with zero attached hydrogens (tertiary/aromatic N) is 1. The zero-order valence-electron chi connectivity index (χ0n) is 13.4. The van der Waals surface area contributed by atoms with Gasteiger partial charge < -0.3 is 15.2 Å². The lowest BCUT2D eigenvalue weighted by molar-refractivity contribution is -0.134. The number of amides is 1. The number of aryl methyl sites for hydroxylation is 1. The third-order valence-electron chi connectivity index (χ3n) is 3.97. The van der Waals surface area contributed by atoms with Gasteiger partial charge in [-0.1, -0.05) is 24.3 Å². The summed E-state index contributed by atoms with van der Waals surface area (Å²) >= 11 is 1.08. The molecule has 24 heavy (non-hydrogen) atoms. The summed E-state index contributed by atoms with van der Waals surface area (Å²) in [6, 6.07) is 7.37. The topological polar surface area (TPSA) is 88.5 Å². The first kappa shape index (κ1) is 16.6. The van der Waals surface area contributed by atoms with Crippen LogP contribution in [0.5, 0.6) is 0 Å². The van der Waals surface area contributed by atoms with Gasteiger partial charge in [-0.2, -0.15) is 0 Å². The SMILES string of the molecule is Cc1nc(C(C)NC(=O)C2OCCc3ccccc32)sc1C(=O)O. The molecule has 0 fully saturated rings. The predicted molar refractivity (Wildman–Crippen MR) is 89.2 cm³/mol. The van der Waals surface area contributed by atoms with Crippen LogP contribution in [0.1, 0.15) is 50.6 Å². The summed E-state index contributed by atoms with van der Waals surface area (Å²) in [6.07, 6.45) is 0.154. The van der Waals surface area contributed by atoms with Gasteiger partial charge >= 0.3 is 5.97 Å². The highest BCUT2D eigenvalue weighted by Gasteiger charge is 2.29. The molecule has 126 valence electrons. The number of carboxylic acid groups (broad SMARTS) is 1. The van der Waals surface area contributed by atoms with E-state index in [9.17, 15) is 9.59 Å². The monoisotopic (exact) mass is 346 g/mol. The first-order chi connectivity index (χ1) is 11.5. The molecule has 0 saturated heterocycles. The fourth-order valence-electron chi connectivity index (χ4n) is 2.76. The second-order valence-corrected chi connectivity index (χ2v) is 6.73. The van der Waals surface area contributed by atoms with Crippen LogP contribution in [0.15, 0.2) is 24.3 Å². The average Bonchev–Trinajstić information content (AvgIpc) is 2.96. The molecule has 0 bridgehead atoms. The summed E-state index contributed by atoms with van der Waals surface area (Å²) in [5.74, 6) is -1.24. The highest BCUT2D eigenvalue weighted by atomic mass is 32.1. The Morgan fingerprint density at radius 1 is 1.42 bits per heavy atom. The van der Waals surface area contributed by atoms with Gasteiger partial charge in [0.2, 0.25) is 0 Å². The predicted octanol–water partition coefficient (Wildman–Crippen LogP) is 2.64. The first-order valence-electron chi connectivity index (χ1n) is 7.67. The Hall–Kier alpha value is -2.25. The number of benzene rings is 1. The van der Waals surface area contributed by atoms with Crippen molar-refractivity contribution in [1.29, 1.82) is 0 Å². The molecule has 0 spiro atoms. The molecule has 6 nitrogen and oxygen atoms in total. The molecule has 1 aliphatic rings. The summed E-state index contributed by atoms with van der Waals surface area (Å²) in [7, 11) is 0. The first-order valence-corrected chi connectivity index (χ1v) is 8.49. The Morgan fingerprint density at radius 3 is 2.88 bits per heavy atom. The van der Waals surface area contributed by atoms with Gasteiger partial charge in [0, 0.05) is 0 Å². The summed E-state index contributed by atoms with van der Waals surface area (Å²) in [5.41, 5.74) is 2.47. The fraction of sp³-hybridized carbons (Fsp3) is 0.353. The van der Waals surface area contributed by atoms with E-state index in [2.05, 4.69) is 10.3 Å². The van der Waals surface area contributed by atoms with Crippen molar-refractivity contribution in [3.05, 3.63) is 51.0 Å². The Kier molecular flexibility index (Phi) is 4.64. The van der Waals surface area contributed by atoms with Gasteiger partial charge in [-0.05, 0) is 31.4 Å². The molecule has 2 aromatic rings. The van der Waals surface area contributed by atoms with Crippen LogP contribution in [0.25, 0.3) is 0 Å². The van der Waals surface area contributed by atoms with Crippen LogP contribution in [0.4, 0.5) is 0 Å². The van der Waals surface area contributed by atoms with E-state index in [0.717, 1.165) is 28.9 Å². The number of carbonyl (C=O) groups excluding carboxylic acids is 1. The van der Waals surface area contributed by atoms with Crippen LogP contribution in [-0.4, -0.2) is 28.6 Å². The number of carboxylic acids is 1. The van der Waals surface area contributed by atoms with Crippen molar-refractivity contribution in [1.82, 2.24) is 10.3 Å². The Morgan fingerprint density at radius 2 is 2.17 bits per heavy atom. The van der Waals surface area contributed by atoms with Gasteiger partial charge in [0.15, 0.2) is 6.10 Å². The molecule has 2 atom stereocenters. The molecule has 1 amide bonds. The molecule has 2 unspecified atom stereocenters. The van der Waals surface area contributed by atoms with Gasteiger partial charge in [-0.3, -0.25) is 4.79 Å². The standard InChI is InChI=1S/C17H18N2O4S/c1-9-14(17(21)22)24-16(19-9)10(2)18-15(20)13-12-6-4-3-5-11(12)7-8-23-13/h3-6,10,13H,7-8H2,1-2H3,(H,18,20)(H,21,22). The van der Waals surface area contributed by atoms with Crippen molar-refractivity contribution in [3.63, 3.8) is 0 Å². The maximum atomic E-state index is 12.6. The Labute approximate surface area is 143 Å². The maximum absolute atomic E-state index is 12.6. The molecule has 7 heteroatoms. The number of aromatic carboxylic acids is 1. The number of hydrogen-bond donors (Lipinski definition) is 2. The van der Waals surface area contributed by atoms with E-state index in [1.165, 1.54) is 0 Å². The van der Waals surface area contributed by atoms with E-state index < -0.39 is 12.1 Å². The molecule has 2 N–H and O–H groups in total. The van der Waals surface area contributed by atoms with Crippen molar-refractivity contribution < 1.29 is 19.4 Å². The average molecular weight is 346 g/mol. The van der Waals surface area contributed by atoms with Gasteiger partial charge in [-0.25, -0.2) is 9.78 Å². The Balaban J connectivity index is 1.76. The van der Waals surface area contributed by atoms with Crippen molar-refractivity contribution >= 4 is 23.2 Å². The van der Waals surface area contributed by atoms with Crippen LogP contribution < -0.4 is 5.32 Å². The summed E-state index contributed by atoms with van der Waals surface area (Å²) in [6.45, 7) is 3.94. The molecule has 0 radical (unpaired) electrons. The number of fused-ring (bicyclic) bond motifs is 1. The molecular formula is C17H18N2O4S. The van der Waals surface area contributed by atoms with Crippen molar-refractivity contribution in [2.24, 2.45) is 0 Å². The number of rotatable bonds is 4. The highest BCUT2D eigenvalue weighted by Crippen LogP contribution is 2.29. The zero-order valence-corrected chi connectivity index (χ0v) is 14.2. The summed E-state index contributed by atoms with van der Waals surface area (Å²) in [4.78, 5) is 28.2. The van der Waals surface area contributed by atoms with E-state index in [-0.39, 0.29) is 16.8 Å². The number of nitrogens with one attached hydrogen (secondary N) is 1. The lowest BCUT2D eigenvalue weighted by Gasteiger charge is -2.26. The fourth-order valence-corrected chi connectivity index (χ4v) is 3.67. The minimum atomic E-state index is -1.00. The second-order valence-electron chi connectivity index (χ2n) is 5.70. The van der Waals surface area contributed by atoms with Crippen molar-refractivity contribution in [3.8, 4) is 0 Å². The molecule has 0 aliphatic carbocycles. The van der Waals surface area contributed by atoms with Crippen LogP contribution >= 0.6 is 11.3 Å². The lowest BCUT2D eigenvalue weighted by Crippen LogP contribution is -2.35. The van der Waals surface area contributed by atoms with Crippen molar-refractivity contribution in [2.45, 2.75) is 32.4 Å². The summed E-state index contributed by atoms with van der Waals surface area (Å²) in [5, 5.41) is 12.6. The normalized spacial score (nSPS) is 17.8. The van der Waals surface area contributed by atoms with Crippen molar-refractivity contribution in [2.75, 3.05) is 6.61 Å². The third-order valence-corrected chi connectivity index (χ3v) is 5.30. The third kappa shape index (κ3) is 3.18. The Bertz CT molecular complexity index is 787. The van der Waals surface area contributed by atoms with Gasteiger partial charge in [0.1, 0.15) is 9.88 Å². The number of carbonyl (C=O) groups is 2. The van der Waals surface area contributed by atoms with Gasteiger partial charge in [0.05, 0.1) is 18.3 Å². The van der Waals surface area contributed by atoms with Gasteiger partial charge in [0.25, 0.3) is 5.91 Å². The number of aromatic nitrogens is 1. The second kappa shape index (κ2) is 6.70. The molecule has 1 aromatic heterocycles. The number of hydrogen-bond acceptors (Lipinski definition) is 5. The number of thiazole rings is 1. The smallest absolute Gasteiger partial charge is 0.347 e. The minimum Gasteiger partial charge on any atom is -0.477 e. The van der Waals surface area contributed by atoms with Crippen LogP contribution in [-0.2, 0) is 16.0 Å². The zero-order chi connectivity index (χ0) is 17.3. The molecule has 0 saturated carbocycles. The quantitative estimate of drug-likeness (QED) is 0.888. The highest BCUT2D eigenvalue weighted by molar-refractivity contribution is 7.13. The molecule has 3 rings (SSSR count). The van der Waals surface area contributed by atoms with Crippen LogP contribution in [0, 0.1) is 6.92 Å². The largest absolute Gasteiger partial charge is 0.477 e. The molecular weight excluding hydrogens is 328 g/mol. The van der Waals surface area contributed by atoms with E-state index >= 15 is 0 Å². The number of ether oxygens (including phenoxy) is 1. The summed E-state index contributed by atoms with van der Waals surface area (Å²) < 4.78 is 5.65. The van der Waals surface area contributed by atoms with E-state index in [0.29, 0.717) is 17.3 Å². The van der Waals surface area contributed by atoms with E-state index in [1.54, 1.807) is 13.8 Å². The minimum absolute atomic E-state index is 0.199. The molecule has 1 aliphatic heterocycles.